The lowest BCUT2D eigenvalue weighted by molar-refractivity contribution is 0.0926. The molecule has 1 aromatic heterocycles. The zero-order valence-corrected chi connectivity index (χ0v) is 11.6. The summed E-state index contributed by atoms with van der Waals surface area (Å²) in [5.74, 6) is 0.795. The summed E-state index contributed by atoms with van der Waals surface area (Å²) in [6.07, 6.45) is 5.77. The van der Waals surface area contributed by atoms with Gasteiger partial charge in [-0.15, -0.1) is 0 Å². The van der Waals surface area contributed by atoms with Crippen LogP contribution in [0.1, 0.15) is 49.9 Å². The van der Waals surface area contributed by atoms with Gasteiger partial charge in [-0.3, -0.25) is 4.79 Å². The number of amides is 1. The van der Waals surface area contributed by atoms with Gasteiger partial charge in [0.15, 0.2) is 5.82 Å². The van der Waals surface area contributed by atoms with E-state index in [-0.39, 0.29) is 11.9 Å². The van der Waals surface area contributed by atoms with Crippen molar-refractivity contribution in [2.24, 2.45) is 5.92 Å². The van der Waals surface area contributed by atoms with Crippen molar-refractivity contribution in [3.8, 4) is 0 Å². The maximum Gasteiger partial charge on any atom is 0.287 e. The number of rotatable bonds is 5. The van der Waals surface area contributed by atoms with E-state index in [4.69, 9.17) is 5.41 Å². The molecule has 0 aliphatic heterocycles. The predicted octanol–water partition coefficient (Wildman–Crippen LogP) is 2.38. The first-order valence-electron chi connectivity index (χ1n) is 6.57. The van der Waals surface area contributed by atoms with Crippen LogP contribution in [0.25, 0.3) is 5.57 Å². The Balaban J connectivity index is 2.03. The Morgan fingerprint density at radius 3 is 2.84 bits per heavy atom. The molecule has 5 heteroatoms. The minimum Gasteiger partial charge on any atom is -0.347 e. The van der Waals surface area contributed by atoms with E-state index < -0.39 is 0 Å². The molecule has 1 aromatic rings. The predicted molar refractivity (Wildman–Crippen MR) is 75.3 cm³/mol. The van der Waals surface area contributed by atoms with Gasteiger partial charge in [0.1, 0.15) is 0 Å². The molecule has 1 fully saturated rings. The molecule has 0 aromatic carbocycles. The number of allylic oxidation sites excluding steroid dienone is 2. The summed E-state index contributed by atoms with van der Waals surface area (Å²) in [4.78, 5) is 19.1. The molecule has 2 rings (SSSR count). The largest absolute Gasteiger partial charge is 0.347 e. The average molecular weight is 260 g/mol. The molecule has 1 heterocycles. The topological polar surface area (TPSA) is 81.6 Å². The normalized spacial score (nSPS) is 17.1. The Labute approximate surface area is 113 Å². The fourth-order valence-corrected chi connectivity index (χ4v) is 2.03. The van der Waals surface area contributed by atoms with Crippen LogP contribution in [0.3, 0.4) is 0 Å². The van der Waals surface area contributed by atoms with Crippen LogP contribution in [0.5, 0.6) is 0 Å². The molecule has 102 valence electrons. The quantitative estimate of drug-likeness (QED) is 0.710. The number of carbonyl (C=O) groups is 1. The first-order chi connectivity index (χ1) is 8.97. The fourth-order valence-electron chi connectivity index (χ4n) is 2.03. The van der Waals surface area contributed by atoms with Gasteiger partial charge in [0.05, 0.1) is 11.9 Å². The average Bonchev–Trinajstić information content (AvgIpc) is 3.05. The summed E-state index contributed by atoms with van der Waals surface area (Å²) >= 11 is 0. The van der Waals surface area contributed by atoms with E-state index in [1.807, 2.05) is 13.8 Å². The van der Waals surface area contributed by atoms with Crippen molar-refractivity contribution in [2.45, 2.75) is 39.7 Å². The molecular formula is C14H20N4O. The van der Waals surface area contributed by atoms with E-state index in [0.29, 0.717) is 17.5 Å². The van der Waals surface area contributed by atoms with Gasteiger partial charge in [-0.1, -0.05) is 0 Å². The van der Waals surface area contributed by atoms with Gasteiger partial charge in [0.25, 0.3) is 5.91 Å². The lowest BCUT2D eigenvalue weighted by Gasteiger charge is -2.10. The van der Waals surface area contributed by atoms with Gasteiger partial charge in [-0.25, -0.2) is 4.98 Å². The standard InChI is InChI=1S/C14H20N4O/c1-8(6-9(2)15)12-7-16-13(18-12)14(19)17-10(3)11-4-5-11/h6-7,10-11,15H,4-5H2,1-3H3,(H,16,18)(H,17,19)/b8-6-,15-9?. The molecule has 1 atom stereocenters. The van der Waals surface area contributed by atoms with Crippen molar-refractivity contribution in [2.75, 3.05) is 0 Å². The summed E-state index contributed by atoms with van der Waals surface area (Å²) in [5.41, 5.74) is 2.14. The Kier molecular flexibility index (Phi) is 3.83. The van der Waals surface area contributed by atoms with E-state index in [1.54, 1.807) is 19.2 Å². The molecule has 0 saturated heterocycles. The molecule has 1 aliphatic carbocycles. The molecule has 3 N–H and O–H groups in total. The number of carbonyl (C=O) groups excluding carboxylic acids is 1. The summed E-state index contributed by atoms with van der Waals surface area (Å²) in [7, 11) is 0. The molecule has 19 heavy (non-hydrogen) atoms. The van der Waals surface area contributed by atoms with Crippen molar-refractivity contribution in [1.82, 2.24) is 15.3 Å². The van der Waals surface area contributed by atoms with Crippen LogP contribution in [0.2, 0.25) is 0 Å². The van der Waals surface area contributed by atoms with Gasteiger partial charge >= 0.3 is 0 Å². The zero-order valence-electron chi connectivity index (χ0n) is 11.6. The van der Waals surface area contributed by atoms with Crippen LogP contribution in [-0.2, 0) is 0 Å². The summed E-state index contributed by atoms with van der Waals surface area (Å²) in [6, 6.07) is 0.210. The van der Waals surface area contributed by atoms with Crippen LogP contribution in [0, 0.1) is 11.3 Å². The second-order valence-electron chi connectivity index (χ2n) is 5.26. The Morgan fingerprint density at radius 1 is 1.58 bits per heavy atom. The van der Waals surface area contributed by atoms with Crippen molar-refractivity contribution >= 4 is 17.2 Å². The molecule has 0 radical (unpaired) electrons. The van der Waals surface area contributed by atoms with Crippen LogP contribution in [0.4, 0.5) is 0 Å². The van der Waals surface area contributed by atoms with Crippen molar-refractivity contribution in [3.05, 3.63) is 23.8 Å². The third-order valence-corrected chi connectivity index (χ3v) is 3.34. The molecule has 1 amide bonds. The number of hydrogen-bond acceptors (Lipinski definition) is 3. The van der Waals surface area contributed by atoms with Crippen LogP contribution >= 0.6 is 0 Å². The first-order valence-corrected chi connectivity index (χ1v) is 6.57. The van der Waals surface area contributed by atoms with Gasteiger partial charge in [0.2, 0.25) is 0 Å². The van der Waals surface area contributed by atoms with Gasteiger partial charge < -0.3 is 15.7 Å². The van der Waals surface area contributed by atoms with Crippen LogP contribution in [-0.4, -0.2) is 27.6 Å². The monoisotopic (exact) mass is 260 g/mol. The smallest absolute Gasteiger partial charge is 0.287 e. The van der Waals surface area contributed by atoms with Crippen molar-refractivity contribution < 1.29 is 4.79 Å². The Morgan fingerprint density at radius 2 is 2.26 bits per heavy atom. The zero-order chi connectivity index (χ0) is 14.0. The Hall–Kier alpha value is -1.91. The van der Waals surface area contributed by atoms with E-state index in [9.17, 15) is 4.79 Å². The first kappa shape index (κ1) is 13.5. The number of nitrogens with zero attached hydrogens (tertiary/aromatic N) is 1. The molecule has 0 bridgehead atoms. The molecule has 5 nitrogen and oxygen atoms in total. The fraction of sp³-hybridized carbons (Fsp3) is 0.500. The second-order valence-corrected chi connectivity index (χ2v) is 5.26. The lowest BCUT2D eigenvalue weighted by Crippen LogP contribution is -2.34. The van der Waals surface area contributed by atoms with E-state index in [0.717, 1.165) is 11.3 Å². The summed E-state index contributed by atoms with van der Waals surface area (Å²) < 4.78 is 0. The minimum atomic E-state index is -0.162. The lowest BCUT2D eigenvalue weighted by atomic mass is 10.2. The molecule has 0 spiro atoms. The highest BCUT2D eigenvalue weighted by Crippen LogP contribution is 2.32. The number of aromatic nitrogens is 2. The van der Waals surface area contributed by atoms with E-state index in [1.165, 1.54) is 12.8 Å². The highest BCUT2D eigenvalue weighted by atomic mass is 16.2. The highest BCUT2D eigenvalue weighted by molar-refractivity contribution is 5.97. The number of H-pyrrole nitrogens is 1. The third kappa shape index (κ3) is 3.53. The minimum absolute atomic E-state index is 0.162. The van der Waals surface area contributed by atoms with Gasteiger partial charge in [-0.05, 0) is 51.2 Å². The molecule has 1 saturated carbocycles. The van der Waals surface area contributed by atoms with Gasteiger partial charge in [-0.2, -0.15) is 0 Å². The maximum atomic E-state index is 12.0. The number of aromatic amines is 1. The maximum absolute atomic E-state index is 12.0. The SMILES string of the molecule is CC(=N)/C=C(/C)c1cnc(C(=O)NC(C)C2CC2)[nH]1. The molecule has 1 unspecified atom stereocenters. The number of nitrogens with one attached hydrogen (secondary N) is 3. The van der Waals surface area contributed by atoms with Crippen molar-refractivity contribution in [1.29, 1.82) is 5.41 Å². The second kappa shape index (κ2) is 5.38. The molecule has 1 aliphatic rings. The Bertz CT molecular complexity index is 525. The van der Waals surface area contributed by atoms with E-state index >= 15 is 0 Å². The highest BCUT2D eigenvalue weighted by Gasteiger charge is 2.29. The van der Waals surface area contributed by atoms with Crippen LogP contribution in [0.15, 0.2) is 12.3 Å². The summed E-state index contributed by atoms with van der Waals surface area (Å²) in [6.45, 7) is 5.63. The molecular weight excluding hydrogens is 240 g/mol. The number of imidazole rings is 1. The third-order valence-electron chi connectivity index (χ3n) is 3.34. The van der Waals surface area contributed by atoms with E-state index in [2.05, 4.69) is 15.3 Å². The summed E-state index contributed by atoms with van der Waals surface area (Å²) in [5, 5.41) is 10.4. The van der Waals surface area contributed by atoms with Crippen LogP contribution < -0.4 is 5.32 Å². The van der Waals surface area contributed by atoms with Crippen molar-refractivity contribution in [3.63, 3.8) is 0 Å². The van der Waals surface area contributed by atoms with Gasteiger partial charge in [0, 0.05) is 11.8 Å². The number of hydrogen-bond donors (Lipinski definition) is 3.